The zero-order valence-electron chi connectivity index (χ0n) is 11.9. The van der Waals surface area contributed by atoms with E-state index in [2.05, 4.69) is 75.3 Å². The third-order valence-corrected chi connectivity index (χ3v) is 5.82. The summed E-state index contributed by atoms with van der Waals surface area (Å²) in [4.78, 5) is 0. The van der Waals surface area contributed by atoms with Crippen molar-refractivity contribution in [3.63, 3.8) is 0 Å². The topological polar surface area (TPSA) is 0 Å². The normalized spacial score (nSPS) is 14.8. The molecule has 98 valence electrons. The van der Waals surface area contributed by atoms with Crippen LogP contribution in [-0.2, 0) is 0 Å². The Labute approximate surface area is 109 Å². The van der Waals surface area contributed by atoms with Crippen LogP contribution in [0.15, 0.2) is 47.6 Å². The molecule has 0 spiro atoms. The van der Waals surface area contributed by atoms with Crippen molar-refractivity contribution in [3.8, 4) is 0 Å². The van der Waals surface area contributed by atoms with E-state index in [1.54, 1.807) is 0 Å². The van der Waals surface area contributed by atoms with Crippen LogP contribution in [0.5, 0.6) is 0 Å². The average molecular weight is 252 g/mol. The van der Waals surface area contributed by atoms with Gasteiger partial charge in [0.2, 0.25) is 0 Å². The first-order chi connectivity index (χ1) is 8.24. The molecule has 0 rings (SSSR count). The molecule has 0 fully saturated rings. The van der Waals surface area contributed by atoms with Crippen LogP contribution < -0.4 is 0 Å². The second-order valence-electron chi connectivity index (χ2n) is 4.24. The molecule has 17 heavy (non-hydrogen) atoms. The van der Waals surface area contributed by atoms with Crippen LogP contribution in [0.1, 0.15) is 53.4 Å². The maximum atomic E-state index is 2.44. The first-order valence-electron chi connectivity index (χ1n) is 6.95. The van der Waals surface area contributed by atoms with E-state index in [-0.39, 0.29) is 0 Å². The first kappa shape index (κ1) is 16.4. The molecule has 0 saturated heterocycles. The predicted octanol–water partition coefficient (Wildman–Crippen LogP) is 6.43. The molecular formula is C16H29P. The zero-order valence-corrected chi connectivity index (χ0v) is 12.9. The quantitative estimate of drug-likeness (QED) is 0.436. The van der Waals surface area contributed by atoms with Crippen LogP contribution in [-0.4, -0.2) is 0 Å². The number of hydrogen-bond acceptors (Lipinski definition) is 0. The van der Waals surface area contributed by atoms with Gasteiger partial charge in [-0.3, -0.25) is 0 Å². The Morgan fingerprint density at radius 2 is 0.765 bits per heavy atom. The van der Waals surface area contributed by atoms with Crippen LogP contribution in [0, 0.1) is 0 Å². The van der Waals surface area contributed by atoms with Gasteiger partial charge in [-0.15, -0.1) is 0 Å². The zero-order chi connectivity index (χ0) is 13.0. The van der Waals surface area contributed by atoms with Gasteiger partial charge in [-0.2, -0.15) is 0 Å². The van der Waals surface area contributed by atoms with Crippen LogP contribution in [0.3, 0.4) is 0 Å². The SMILES string of the molecule is CC/C=C/[PH](/C=C/CC)(/C=C/CC)/C=C/CC. The van der Waals surface area contributed by atoms with Crippen LogP contribution in [0.2, 0.25) is 0 Å². The van der Waals surface area contributed by atoms with Crippen molar-refractivity contribution >= 4 is 7.26 Å². The molecule has 0 aromatic rings. The standard InChI is InChI=1S/C16H29P/c1-5-9-13-17(14-10-6-2,15-11-7-3)16-12-8-4/h9-17H,5-8H2,1-4H3/b13-9+,14-10+,15-11+,16-12+. The molecule has 0 aromatic carbocycles. The molecule has 1 heteroatoms. The molecule has 0 unspecified atom stereocenters. The Hall–Kier alpha value is -0.610. The van der Waals surface area contributed by atoms with Crippen LogP contribution in [0.25, 0.3) is 0 Å². The van der Waals surface area contributed by atoms with E-state index < -0.39 is 7.26 Å². The molecule has 0 saturated carbocycles. The van der Waals surface area contributed by atoms with Gasteiger partial charge in [-0.1, -0.05) is 0 Å². The molecule has 0 radical (unpaired) electrons. The summed E-state index contributed by atoms with van der Waals surface area (Å²) >= 11 is 0. The number of rotatable bonds is 8. The molecule has 0 aromatic heterocycles. The average Bonchev–Trinajstić information content (AvgIpc) is 2.37. The van der Waals surface area contributed by atoms with Crippen LogP contribution >= 0.6 is 7.26 Å². The second-order valence-corrected chi connectivity index (χ2v) is 7.58. The Bertz CT molecular complexity index is 220. The van der Waals surface area contributed by atoms with Crippen molar-refractivity contribution in [2.24, 2.45) is 0 Å². The van der Waals surface area contributed by atoms with E-state index in [9.17, 15) is 0 Å². The van der Waals surface area contributed by atoms with Gasteiger partial charge in [0.05, 0.1) is 0 Å². The summed E-state index contributed by atoms with van der Waals surface area (Å²) in [7, 11) is -1.60. The minimum atomic E-state index is -1.60. The fraction of sp³-hybridized carbons (Fsp3) is 0.500. The Morgan fingerprint density at radius 1 is 0.529 bits per heavy atom. The van der Waals surface area contributed by atoms with Gasteiger partial charge >= 0.3 is 108 Å². The second kappa shape index (κ2) is 10.5. The molecular weight excluding hydrogens is 223 g/mol. The Kier molecular flexibility index (Phi) is 10.2. The molecule has 0 amide bonds. The Morgan fingerprint density at radius 3 is 0.941 bits per heavy atom. The van der Waals surface area contributed by atoms with Crippen molar-refractivity contribution in [2.75, 3.05) is 0 Å². The third kappa shape index (κ3) is 7.34. The fourth-order valence-electron chi connectivity index (χ4n) is 1.62. The summed E-state index contributed by atoms with van der Waals surface area (Å²) in [5, 5.41) is 0. The molecule has 0 aliphatic carbocycles. The summed E-state index contributed by atoms with van der Waals surface area (Å²) in [6, 6.07) is 0. The maximum absolute atomic E-state index is 2.44. The first-order valence-corrected chi connectivity index (χ1v) is 9.26. The summed E-state index contributed by atoms with van der Waals surface area (Å²) in [5.74, 6) is 9.77. The van der Waals surface area contributed by atoms with Gasteiger partial charge in [0.15, 0.2) is 0 Å². The van der Waals surface area contributed by atoms with Crippen molar-refractivity contribution in [1.82, 2.24) is 0 Å². The van der Waals surface area contributed by atoms with E-state index in [0.717, 1.165) is 25.7 Å². The molecule has 0 heterocycles. The predicted molar refractivity (Wildman–Crippen MR) is 86.0 cm³/mol. The molecule has 0 nitrogen and oxygen atoms in total. The van der Waals surface area contributed by atoms with Crippen molar-refractivity contribution in [3.05, 3.63) is 47.6 Å². The van der Waals surface area contributed by atoms with Gasteiger partial charge in [0.1, 0.15) is 0 Å². The summed E-state index contributed by atoms with van der Waals surface area (Å²) in [5.41, 5.74) is 0. The van der Waals surface area contributed by atoms with Gasteiger partial charge in [-0.25, -0.2) is 0 Å². The molecule has 0 aliphatic heterocycles. The van der Waals surface area contributed by atoms with Crippen molar-refractivity contribution < 1.29 is 0 Å². The van der Waals surface area contributed by atoms with Gasteiger partial charge in [-0.05, 0) is 0 Å². The fourth-order valence-corrected chi connectivity index (χ4v) is 4.86. The number of hydrogen-bond donors (Lipinski definition) is 0. The number of allylic oxidation sites excluding steroid dienone is 4. The van der Waals surface area contributed by atoms with Crippen LogP contribution in [0.4, 0.5) is 0 Å². The van der Waals surface area contributed by atoms with Crippen molar-refractivity contribution in [1.29, 1.82) is 0 Å². The van der Waals surface area contributed by atoms with E-state index in [1.807, 2.05) is 0 Å². The minimum absolute atomic E-state index is 1.12. The molecule has 0 aliphatic rings. The van der Waals surface area contributed by atoms with Gasteiger partial charge in [0, 0.05) is 0 Å². The monoisotopic (exact) mass is 252 g/mol. The summed E-state index contributed by atoms with van der Waals surface area (Å²) in [6.45, 7) is 8.80. The third-order valence-electron chi connectivity index (χ3n) is 2.57. The van der Waals surface area contributed by atoms with Gasteiger partial charge in [0.25, 0.3) is 0 Å². The summed E-state index contributed by atoms with van der Waals surface area (Å²) in [6.07, 6.45) is 13.7. The van der Waals surface area contributed by atoms with E-state index in [1.165, 1.54) is 0 Å². The molecule has 0 bridgehead atoms. The van der Waals surface area contributed by atoms with Gasteiger partial charge < -0.3 is 0 Å². The molecule has 0 atom stereocenters. The van der Waals surface area contributed by atoms with Crippen molar-refractivity contribution in [2.45, 2.75) is 53.4 Å². The van der Waals surface area contributed by atoms with E-state index >= 15 is 0 Å². The van der Waals surface area contributed by atoms with E-state index in [0.29, 0.717) is 0 Å². The molecule has 0 N–H and O–H groups in total. The Balaban J connectivity index is 5.18. The van der Waals surface area contributed by atoms with E-state index in [4.69, 9.17) is 0 Å². The summed E-state index contributed by atoms with van der Waals surface area (Å²) < 4.78 is 0.